The summed E-state index contributed by atoms with van der Waals surface area (Å²) in [5, 5.41) is 11.5. The predicted molar refractivity (Wildman–Crippen MR) is 65.2 cm³/mol. The van der Waals surface area contributed by atoms with E-state index in [0.717, 1.165) is 5.56 Å². The maximum atomic E-state index is 11.9. The van der Waals surface area contributed by atoms with Crippen LogP contribution >= 0.6 is 0 Å². The number of nitriles is 1. The van der Waals surface area contributed by atoms with Crippen molar-refractivity contribution in [3.05, 3.63) is 35.9 Å². The molecule has 1 fully saturated rings. The Morgan fingerprint density at radius 2 is 1.83 bits per heavy atom. The smallest absolute Gasteiger partial charge is 0.244 e. The summed E-state index contributed by atoms with van der Waals surface area (Å²) >= 11 is 0. The molecule has 1 saturated heterocycles. The highest BCUT2D eigenvalue weighted by Gasteiger charge is 2.50. The Morgan fingerprint density at radius 1 is 1.22 bits per heavy atom. The lowest BCUT2D eigenvalue weighted by atomic mass is 9.65. The molecule has 0 saturated carbocycles. The molecule has 1 aromatic rings. The number of nitrogens with zero attached hydrogens (tertiary/aromatic N) is 1. The van der Waals surface area contributed by atoms with Gasteiger partial charge in [0.2, 0.25) is 11.8 Å². The lowest BCUT2D eigenvalue weighted by Crippen LogP contribution is -2.54. The zero-order valence-corrected chi connectivity index (χ0v) is 10.3. The highest BCUT2D eigenvalue weighted by atomic mass is 16.2. The van der Waals surface area contributed by atoms with E-state index in [-0.39, 0.29) is 5.91 Å². The minimum atomic E-state index is -0.833. The zero-order valence-electron chi connectivity index (χ0n) is 10.3. The highest BCUT2D eigenvalue weighted by molar-refractivity contribution is 6.03. The number of carbonyl (C=O) groups excluding carboxylic acids is 2. The molecule has 1 aliphatic heterocycles. The van der Waals surface area contributed by atoms with Crippen molar-refractivity contribution < 1.29 is 9.59 Å². The summed E-state index contributed by atoms with van der Waals surface area (Å²) < 4.78 is 0. The quantitative estimate of drug-likeness (QED) is 0.760. The number of benzene rings is 1. The van der Waals surface area contributed by atoms with Crippen molar-refractivity contribution in [3.8, 4) is 6.07 Å². The number of nitrogens with one attached hydrogen (secondary N) is 1. The van der Waals surface area contributed by atoms with E-state index in [1.165, 1.54) is 0 Å². The van der Waals surface area contributed by atoms with E-state index in [4.69, 9.17) is 0 Å². The first-order chi connectivity index (χ1) is 8.48. The van der Waals surface area contributed by atoms with E-state index in [0.29, 0.717) is 0 Å². The average molecular weight is 242 g/mol. The number of hydrogen-bond donors (Lipinski definition) is 1. The number of imide groups is 1. The van der Waals surface area contributed by atoms with Crippen LogP contribution in [-0.2, 0) is 9.59 Å². The number of rotatable bonds is 1. The summed E-state index contributed by atoms with van der Waals surface area (Å²) in [6.07, 6.45) is 0. The molecule has 0 radical (unpaired) electrons. The zero-order chi connectivity index (χ0) is 13.3. The van der Waals surface area contributed by atoms with Gasteiger partial charge in [0, 0.05) is 5.92 Å². The van der Waals surface area contributed by atoms with Crippen LogP contribution in [0, 0.1) is 22.7 Å². The molecule has 0 aromatic heterocycles. The van der Waals surface area contributed by atoms with Crippen LogP contribution in [0.3, 0.4) is 0 Å². The van der Waals surface area contributed by atoms with Crippen LogP contribution in [0.15, 0.2) is 30.3 Å². The largest absolute Gasteiger partial charge is 0.295 e. The molecule has 1 aliphatic rings. The summed E-state index contributed by atoms with van der Waals surface area (Å²) in [4.78, 5) is 23.7. The lowest BCUT2D eigenvalue weighted by molar-refractivity contribution is -0.144. The first-order valence-electron chi connectivity index (χ1n) is 5.78. The molecule has 0 spiro atoms. The third-order valence-corrected chi connectivity index (χ3v) is 3.51. The van der Waals surface area contributed by atoms with E-state index >= 15 is 0 Å². The molecule has 2 rings (SSSR count). The highest BCUT2D eigenvalue weighted by Crippen LogP contribution is 2.43. The van der Waals surface area contributed by atoms with Crippen molar-refractivity contribution in [3.63, 3.8) is 0 Å². The third kappa shape index (κ3) is 1.78. The van der Waals surface area contributed by atoms with Crippen LogP contribution < -0.4 is 5.32 Å². The lowest BCUT2D eigenvalue weighted by Gasteiger charge is -2.39. The summed E-state index contributed by atoms with van der Waals surface area (Å²) in [5.41, 5.74) is 0.0626. The molecule has 92 valence electrons. The minimum Gasteiger partial charge on any atom is -0.295 e. The van der Waals surface area contributed by atoms with Crippen LogP contribution in [0.1, 0.15) is 25.3 Å². The van der Waals surface area contributed by atoms with Crippen molar-refractivity contribution in [1.29, 1.82) is 5.26 Å². The molecule has 2 amide bonds. The van der Waals surface area contributed by atoms with E-state index in [1.54, 1.807) is 13.8 Å². The summed E-state index contributed by atoms with van der Waals surface area (Å²) in [7, 11) is 0. The molecular formula is C14H14N2O2. The average Bonchev–Trinajstić information content (AvgIpc) is 2.34. The molecule has 2 atom stereocenters. The predicted octanol–water partition coefficient (Wildman–Crippen LogP) is 1.59. The van der Waals surface area contributed by atoms with E-state index in [1.807, 2.05) is 36.4 Å². The fourth-order valence-electron chi connectivity index (χ4n) is 2.46. The molecule has 0 unspecified atom stereocenters. The van der Waals surface area contributed by atoms with Gasteiger partial charge in [0.15, 0.2) is 0 Å². The van der Waals surface area contributed by atoms with Gasteiger partial charge in [-0.1, -0.05) is 44.2 Å². The fourth-order valence-corrected chi connectivity index (χ4v) is 2.46. The van der Waals surface area contributed by atoms with Crippen LogP contribution in [0.25, 0.3) is 0 Å². The molecule has 1 aromatic carbocycles. The van der Waals surface area contributed by atoms with Gasteiger partial charge in [0.1, 0.15) is 5.92 Å². The van der Waals surface area contributed by atoms with Gasteiger partial charge in [-0.05, 0) is 5.56 Å². The van der Waals surface area contributed by atoms with Crippen molar-refractivity contribution in [1.82, 2.24) is 5.32 Å². The molecule has 1 N–H and O–H groups in total. The molecule has 18 heavy (non-hydrogen) atoms. The van der Waals surface area contributed by atoms with Gasteiger partial charge >= 0.3 is 0 Å². The van der Waals surface area contributed by atoms with E-state index < -0.39 is 23.2 Å². The van der Waals surface area contributed by atoms with E-state index in [9.17, 15) is 14.9 Å². The number of hydrogen-bond acceptors (Lipinski definition) is 3. The minimum absolute atomic E-state index is 0.326. The van der Waals surface area contributed by atoms with Gasteiger partial charge in [-0.3, -0.25) is 14.9 Å². The van der Waals surface area contributed by atoms with Crippen LogP contribution in [0.4, 0.5) is 0 Å². The Labute approximate surface area is 106 Å². The topological polar surface area (TPSA) is 70.0 Å². The Balaban J connectivity index is 2.54. The Hall–Kier alpha value is -2.15. The van der Waals surface area contributed by atoms with Gasteiger partial charge in [-0.15, -0.1) is 0 Å². The van der Waals surface area contributed by atoms with E-state index in [2.05, 4.69) is 5.32 Å². The normalized spacial score (nSPS) is 26.3. The third-order valence-electron chi connectivity index (χ3n) is 3.51. The van der Waals surface area contributed by atoms with Gasteiger partial charge in [-0.2, -0.15) is 5.26 Å². The number of piperidine rings is 1. The van der Waals surface area contributed by atoms with Crippen molar-refractivity contribution >= 4 is 11.8 Å². The van der Waals surface area contributed by atoms with Crippen molar-refractivity contribution in [2.45, 2.75) is 19.8 Å². The van der Waals surface area contributed by atoms with Gasteiger partial charge in [0.25, 0.3) is 0 Å². The molecule has 4 nitrogen and oxygen atoms in total. The monoisotopic (exact) mass is 242 g/mol. The molecule has 0 aliphatic carbocycles. The Morgan fingerprint density at radius 3 is 2.39 bits per heavy atom. The van der Waals surface area contributed by atoms with Gasteiger partial charge in [-0.25, -0.2) is 0 Å². The fraction of sp³-hybridized carbons (Fsp3) is 0.357. The van der Waals surface area contributed by atoms with Crippen molar-refractivity contribution in [2.24, 2.45) is 11.3 Å². The molecule has 1 heterocycles. The van der Waals surface area contributed by atoms with Gasteiger partial charge in [0.05, 0.1) is 11.5 Å². The van der Waals surface area contributed by atoms with Crippen molar-refractivity contribution in [2.75, 3.05) is 0 Å². The number of amides is 2. The molecule has 0 bridgehead atoms. The Kier molecular flexibility index (Phi) is 2.92. The standard InChI is InChI=1S/C14H14N2O2/c1-14(2)11(9-6-4-3-5-7-9)10(8-15)12(17)16-13(14)18/h3-7,10-11H,1-2H3,(H,16,17,18)/t10-,11-/m1/s1. The Bertz CT molecular complexity index is 528. The number of carbonyl (C=O) groups is 2. The second-order valence-electron chi connectivity index (χ2n) is 5.04. The summed E-state index contributed by atoms with van der Waals surface area (Å²) in [6.45, 7) is 3.52. The van der Waals surface area contributed by atoms with Crippen LogP contribution in [-0.4, -0.2) is 11.8 Å². The summed E-state index contributed by atoms with van der Waals surface area (Å²) in [5.74, 6) is -2.08. The molecular weight excluding hydrogens is 228 g/mol. The second kappa shape index (κ2) is 4.26. The van der Waals surface area contributed by atoms with Crippen LogP contribution in [0.5, 0.6) is 0 Å². The summed E-state index contributed by atoms with van der Waals surface area (Å²) in [6, 6.07) is 11.3. The maximum Gasteiger partial charge on any atom is 0.244 e. The van der Waals surface area contributed by atoms with Gasteiger partial charge < -0.3 is 0 Å². The first kappa shape index (κ1) is 12.3. The maximum absolute atomic E-state index is 11.9. The second-order valence-corrected chi connectivity index (χ2v) is 5.04. The molecule has 4 heteroatoms. The first-order valence-corrected chi connectivity index (χ1v) is 5.78. The van der Waals surface area contributed by atoms with Crippen LogP contribution in [0.2, 0.25) is 0 Å². The SMILES string of the molecule is CC1(C)C(=O)NC(=O)[C@H](C#N)[C@H]1c1ccccc1.